The number of benzene rings is 2. The van der Waals surface area contributed by atoms with Crippen LogP contribution >= 0.6 is 0 Å². The fourth-order valence-corrected chi connectivity index (χ4v) is 3.18. The van der Waals surface area contributed by atoms with Crippen molar-refractivity contribution in [1.29, 1.82) is 0 Å². The van der Waals surface area contributed by atoms with Crippen LogP contribution in [0.3, 0.4) is 0 Å². The summed E-state index contributed by atoms with van der Waals surface area (Å²) in [6.07, 6.45) is -4.48. The van der Waals surface area contributed by atoms with Crippen LogP contribution in [0.2, 0.25) is 0 Å². The molecule has 1 aliphatic rings. The van der Waals surface area contributed by atoms with Crippen molar-refractivity contribution in [3.8, 4) is 0 Å². The highest BCUT2D eigenvalue weighted by atomic mass is 19.4. The van der Waals surface area contributed by atoms with Crippen molar-refractivity contribution in [2.24, 2.45) is 0 Å². The van der Waals surface area contributed by atoms with Crippen molar-refractivity contribution in [2.75, 3.05) is 43.4 Å². The van der Waals surface area contributed by atoms with Crippen molar-refractivity contribution < 1.29 is 18.0 Å². The summed E-state index contributed by atoms with van der Waals surface area (Å²) in [5.41, 5.74) is 2.27. The van der Waals surface area contributed by atoms with E-state index in [1.807, 2.05) is 31.9 Å². The second-order valence-electron chi connectivity index (χ2n) is 7.31. The normalized spacial score (nSPS) is 15.6. The Hall–Kier alpha value is -2.54. The van der Waals surface area contributed by atoms with Crippen LogP contribution < -0.4 is 10.2 Å². The zero-order valence-electron chi connectivity index (χ0n) is 16.2. The van der Waals surface area contributed by atoms with Gasteiger partial charge in [-0.3, -0.25) is 4.79 Å². The van der Waals surface area contributed by atoms with E-state index in [2.05, 4.69) is 10.2 Å². The van der Waals surface area contributed by atoms with E-state index in [1.165, 1.54) is 0 Å². The molecule has 0 radical (unpaired) electrons. The molecule has 1 aliphatic heterocycles. The lowest BCUT2D eigenvalue weighted by molar-refractivity contribution is -0.137. The summed E-state index contributed by atoms with van der Waals surface area (Å²) in [4.78, 5) is 16.6. The van der Waals surface area contributed by atoms with Crippen LogP contribution in [0.1, 0.15) is 27.0 Å². The Morgan fingerprint density at radius 2 is 1.64 bits per heavy atom. The molecule has 1 heterocycles. The molecule has 3 rings (SSSR count). The number of amides is 1. The molecule has 0 bridgehead atoms. The fraction of sp³-hybridized carbons (Fsp3) is 0.381. The van der Waals surface area contributed by atoms with E-state index in [9.17, 15) is 18.0 Å². The van der Waals surface area contributed by atoms with E-state index in [1.54, 1.807) is 18.2 Å². The monoisotopic (exact) mass is 391 g/mol. The molecule has 1 fully saturated rings. The first kappa shape index (κ1) is 20.2. The largest absolute Gasteiger partial charge is 0.416 e. The number of alkyl halides is 3. The van der Waals surface area contributed by atoms with Gasteiger partial charge in [0, 0.05) is 43.1 Å². The third-order valence-electron chi connectivity index (χ3n) is 5.14. The van der Waals surface area contributed by atoms with Crippen molar-refractivity contribution in [1.82, 2.24) is 4.90 Å². The molecule has 0 spiro atoms. The molecule has 7 heteroatoms. The van der Waals surface area contributed by atoms with Gasteiger partial charge in [0.15, 0.2) is 0 Å². The van der Waals surface area contributed by atoms with Crippen molar-refractivity contribution in [3.05, 3.63) is 58.7 Å². The van der Waals surface area contributed by atoms with Gasteiger partial charge >= 0.3 is 6.18 Å². The predicted octanol–water partition coefficient (Wildman–Crippen LogP) is 4.33. The predicted molar refractivity (Wildman–Crippen MR) is 105 cm³/mol. The van der Waals surface area contributed by atoms with Crippen LogP contribution in [-0.2, 0) is 6.18 Å². The molecule has 4 nitrogen and oxygen atoms in total. The van der Waals surface area contributed by atoms with Crippen LogP contribution in [0.5, 0.6) is 0 Å². The average Bonchev–Trinajstić information content (AvgIpc) is 2.63. The number of nitrogens with zero attached hydrogens (tertiary/aromatic N) is 2. The fourth-order valence-electron chi connectivity index (χ4n) is 3.18. The lowest BCUT2D eigenvalue weighted by Crippen LogP contribution is -2.44. The Balaban J connectivity index is 1.89. The van der Waals surface area contributed by atoms with Crippen molar-refractivity contribution >= 4 is 17.3 Å². The minimum absolute atomic E-state index is 0.145. The van der Waals surface area contributed by atoms with Gasteiger partial charge in [0.25, 0.3) is 5.91 Å². The first-order valence-electron chi connectivity index (χ1n) is 9.18. The maximum absolute atomic E-state index is 13.4. The van der Waals surface area contributed by atoms with Crippen LogP contribution in [0.25, 0.3) is 0 Å². The Kier molecular flexibility index (Phi) is 5.65. The number of rotatable bonds is 3. The van der Waals surface area contributed by atoms with Gasteiger partial charge in [-0.25, -0.2) is 0 Å². The summed E-state index contributed by atoms with van der Waals surface area (Å²) in [7, 11) is 1.98. The summed E-state index contributed by atoms with van der Waals surface area (Å²) in [5, 5.41) is 2.63. The molecular formula is C21H24F3N3O. The first-order chi connectivity index (χ1) is 13.1. The number of hydrogen-bond donors (Lipinski definition) is 1. The van der Waals surface area contributed by atoms with Gasteiger partial charge < -0.3 is 15.1 Å². The van der Waals surface area contributed by atoms with Gasteiger partial charge in [0.2, 0.25) is 0 Å². The molecular weight excluding hydrogens is 367 g/mol. The molecule has 2 aromatic carbocycles. The Labute approximate surface area is 162 Å². The SMILES string of the molecule is Cc1ccc(C(=O)Nc2cc(N3CCN(C)CC3)cc(C(F)(F)F)c2)cc1C. The highest BCUT2D eigenvalue weighted by Gasteiger charge is 2.32. The number of carbonyl (C=O) groups excluding carboxylic acids is 1. The quantitative estimate of drug-likeness (QED) is 0.846. The van der Waals surface area contributed by atoms with Gasteiger partial charge in [-0.15, -0.1) is 0 Å². The number of carbonyl (C=O) groups is 1. The minimum Gasteiger partial charge on any atom is -0.369 e. The topological polar surface area (TPSA) is 35.6 Å². The Morgan fingerprint density at radius 1 is 0.964 bits per heavy atom. The van der Waals surface area contributed by atoms with E-state index in [-0.39, 0.29) is 5.69 Å². The lowest BCUT2D eigenvalue weighted by Gasteiger charge is -2.34. The number of nitrogens with one attached hydrogen (secondary N) is 1. The maximum Gasteiger partial charge on any atom is 0.416 e. The summed E-state index contributed by atoms with van der Waals surface area (Å²) < 4.78 is 40.2. The van der Waals surface area contributed by atoms with E-state index in [0.29, 0.717) is 24.3 Å². The summed E-state index contributed by atoms with van der Waals surface area (Å²) in [5.74, 6) is -0.424. The minimum atomic E-state index is -4.48. The van der Waals surface area contributed by atoms with Gasteiger partial charge in [-0.1, -0.05) is 6.07 Å². The van der Waals surface area contributed by atoms with Crippen LogP contribution in [0.15, 0.2) is 36.4 Å². The molecule has 0 aliphatic carbocycles. The second-order valence-corrected chi connectivity index (χ2v) is 7.31. The molecule has 28 heavy (non-hydrogen) atoms. The van der Waals surface area contributed by atoms with E-state index in [4.69, 9.17) is 0 Å². The number of hydrogen-bond acceptors (Lipinski definition) is 3. The maximum atomic E-state index is 13.4. The van der Waals surface area contributed by atoms with Crippen LogP contribution in [0.4, 0.5) is 24.5 Å². The van der Waals surface area contributed by atoms with Crippen LogP contribution in [0, 0.1) is 13.8 Å². The molecule has 1 saturated heterocycles. The van der Waals surface area contributed by atoms with Gasteiger partial charge in [-0.2, -0.15) is 13.2 Å². The van der Waals surface area contributed by atoms with E-state index in [0.717, 1.165) is 36.3 Å². The average molecular weight is 391 g/mol. The highest BCUT2D eigenvalue weighted by molar-refractivity contribution is 6.04. The Bertz CT molecular complexity index is 872. The van der Waals surface area contributed by atoms with Crippen molar-refractivity contribution in [2.45, 2.75) is 20.0 Å². The molecule has 0 saturated carbocycles. The lowest BCUT2D eigenvalue weighted by atomic mass is 10.1. The zero-order valence-corrected chi connectivity index (χ0v) is 16.2. The molecule has 2 aromatic rings. The van der Waals surface area contributed by atoms with Gasteiger partial charge in [0.05, 0.1) is 5.56 Å². The number of aryl methyl sites for hydroxylation is 2. The van der Waals surface area contributed by atoms with Gasteiger partial charge in [-0.05, 0) is 62.4 Å². The Morgan fingerprint density at radius 3 is 2.25 bits per heavy atom. The third-order valence-corrected chi connectivity index (χ3v) is 5.14. The van der Waals surface area contributed by atoms with Crippen molar-refractivity contribution in [3.63, 3.8) is 0 Å². The first-order valence-corrected chi connectivity index (χ1v) is 9.18. The van der Waals surface area contributed by atoms with Gasteiger partial charge in [0.1, 0.15) is 0 Å². The summed E-state index contributed by atoms with van der Waals surface area (Å²) in [6, 6.07) is 8.98. The second kappa shape index (κ2) is 7.83. The third kappa shape index (κ3) is 4.65. The number of likely N-dealkylation sites (N-methyl/N-ethyl adjacent to an activating group) is 1. The molecule has 1 N–H and O–H groups in total. The van der Waals surface area contributed by atoms with E-state index >= 15 is 0 Å². The summed E-state index contributed by atoms with van der Waals surface area (Å²) in [6.45, 7) is 6.67. The standard InChI is InChI=1S/C21H24F3N3O/c1-14-4-5-16(10-15(14)2)20(28)25-18-11-17(21(22,23)24)12-19(13-18)27-8-6-26(3)7-9-27/h4-5,10-13H,6-9H2,1-3H3,(H,25,28). The number of halogens is 3. The summed E-state index contributed by atoms with van der Waals surface area (Å²) >= 11 is 0. The molecule has 150 valence electrons. The molecule has 0 unspecified atom stereocenters. The molecule has 1 amide bonds. The molecule has 0 atom stereocenters. The number of piperazine rings is 1. The highest BCUT2D eigenvalue weighted by Crippen LogP contribution is 2.35. The van der Waals surface area contributed by atoms with Crippen LogP contribution in [-0.4, -0.2) is 44.0 Å². The smallest absolute Gasteiger partial charge is 0.369 e. The van der Waals surface area contributed by atoms with E-state index < -0.39 is 17.6 Å². The zero-order chi connectivity index (χ0) is 20.5. The number of anilines is 2. The molecule has 0 aromatic heterocycles.